The molecule has 0 aromatic heterocycles. The van der Waals surface area contributed by atoms with Gasteiger partial charge in [-0.15, -0.1) is 0 Å². The molecule has 3 heteroatoms. The van der Waals surface area contributed by atoms with Gasteiger partial charge in [0.15, 0.2) is 0 Å². The number of hydrogen-bond donors (Lipinski definition) is 0. The van der Waals surface area contributed by atoms with Gasteiger partial charge in [0.2, 0.25) is 0 Å². The molecule has 0 heterocycles. The van der Waals surface area contributed by atoms with Crippen LogP contribution in [0.1, 0.15) is 0 Å². The average molecular weight is 196 g/mol. The standard InChI is InChI=1S/C11H16O3/c1-12-8-11(9-13-2)14-10-6-4-3-5-7-10/h3-7,11H,8-9H2,1-2H3. The van der Waals surface area contributed by atoms with E-state index < -0.39 is 0 Å². The van der Waals surface area contributed by atoms with Gasteiger partial charge in [-0.25, -0.2) is 0 Å². The van der Waals surface area contributed by atoms with Crippen LogP contribution in [0.25, 0.3) is 0 Å². The van der Waals surface area contributed by atoms with Gasteiger partial charge >= 0.3 is 0 Å². The van der Waals surface area contributed by atoms with Crippen LogP contribution in [0.3, 0.4) is 0 Å². The molecule has 0 unspecified atom stereocenters. The lowest BCUT2D eigenvalue weighted by Crippen LogP contribution is -2.27. The second kappa shape index (κ2) is 6.40. The van der Waals surface area contributed by atoms with E-state index in [-0.39, 0.29) is 6.10 Å². The fourth-order valence-electron chi connectivity index (χ4n) is 1.18. The summed E-state index contributed by atoms with van der Waals surface area (Å²) in [5, 5.41) is 0. The van der Waals surface area contributed by atoms with Crippen molar-refractivity contribution >= 4 is 0 Å². The van der Waals surface area contributed by atoms with E-state index in [1.807, 2.05) is 30.3 Å². The summed E-state index contributed by atoms with van der Waals surface area (Å²) in [4.78, 5) is 0. The highest BCUT2D eigenvalue weighted by atomic mass is 16.6. The number of rotatable bonds is 6. The van der Waals surface area contributed by atoms with Gasteiger partial charge < -0.3 is 14.2 Å². The lowest BCUT2D eigenvalue weighted by Gasteiger charge is -2.17. The summed E-state index contributed by atoms with van der Waals surface area (Å²) < 4.78 is 15.7. The molecule has 0 saturated heterocycles. The average Bonchev–Trinajstić information content (AvgIpc) is 2.20. The van der Waals surface area contributed by atoms with Crippen LogP contribution < -0.4 is 4.74 Å². The van der Waals surface area contributed by atoms with Gasteiger partial charge in [-0.3, -0.25) is 0 Å². The van der Waals surface area contributed by atoms with E-state index in [0.29, 0.717) is 13.2 Å². The highest BCUT2D eigenvalue weighted by Crippen LogP contribution is 2.11. The number of hydrogen-bond acceptors (Lipinski definition) is 3. The summed E-state index contributed by atoms with van der Waals surface area (Å²) in [5.41, 5.74) is 0. The topological polar surface area (TPSA) is 27.7 Å². The Labute approximate surface area is 84.6 Å². The Morgan fingerprint density at radius 1 is 1.00 bits per heavy atom. The summed E-state index contributed by atoms with van der Waals surface area (Å²) in [7, 11) is 3.30. The van der Waals surface area contributed by atoms with Crippen molar-refractivity contribution < 1.29 is 14.2 Å². The first-order valence-electron chi connectivity index (χ1n) is 4.56. The maximum Gasteiger partial charge on any atom is 0.145 e. The summed E-state index contributed by atoms with van der Waals surface area (Å²) in [6.07, 6.45) is -0.0487. The Balaban J connectivity index is 2.46. The van der Waals surface area contributed by atoms with Gasteiger partial charge in [0.1, 0.15) is 11.9 Å². The number of para-hydroxylation sites is 1. The molecule has 0 saturated carbocycles. The molecule has 1 aromatic carbocycles. The molecule has 0 N–H and O–H groups in total. The molecule has 1 rings (SSSR count). The SMILES string of the molecule is COCC(COC)Oc1ccccc1. The maximum absolute atomic E-state index is 5.65. The van der Waals surface area contributed by atoms with E-state index in [4.69, 9.17) is 14.2 Å². The van der Waals surface area contributed by atoms with Gasteiger partial charge in [-0.1, -0.05) is 18.2 Å². The van der Waals surface area contributed by atoms with E-state index in [9.17, 15) is 0 Å². The van der Waals surface area contributed by atoms with Crippen LogP contribution >= 0.6 is 0 Å². The van der Waals surface area contributed by atoms with Crippen molar-refractivity contribution in [3.05, 3.63) is 30.3 Å². The van der Waals surface area contributed by atoms with E-state index in [1.54, 1.807) is 14.2 Å². The summed E-state index contributed by atoms with van der Waals surface area (Å²) in [5.74, 6) is 0.839. The molecule has 0 radical (unpaired) electrons. The van der Waals surface area contributed by atoms with Crippen molar-refractivity contribution in [2.24, 2.45) is 0 Å². The van der Waals surface area contributed by atoms with Crippen molar-refractivity contribution in [1.82, 2.24) is 0 Å². The number of methoxy groups -OCH3 is 2. The van der Waals surface area contributed by atoms with Gasteiger partial charge in [0.25, 0.3) is 0 Å². The highest BCUT2D eigenvalue weighted by molar-refractivity contribution is 5.21. The van der Waals surface area contributed by atoms with E-state index in [1.165, 1.54) is 0 Å². The zero-order valence-corrected chi connectivity index (χ0v) is 8.60. The molecule has 0 fully saturated rings. The van der Waals surface area contributed by atoms with Crippen molar-refractivity contribution in [3.8, 4) is 5.75 Å². The maximum atomic E-state index is 5.65. The van der Waals surface area contributed by atoms with Gasteiger partial charge in [0.05, 0.1) is 13.2 Å². The summed E-state index contributed by atoms with van der Waals surface area (Å²) in [6, 6.07) is 9.66. The second-order valence-electron chi connectivity index (χ2n) is 2.96. The minimum atomic E-state index is -0.0487. The van der Waals surface area contributed by atoms with Crippen LogP contribution in [0, 0.1) is 0 Å². The molecule has 3 nitrogen and oxygen atoms in total. The van der Waals surface area contributed by atoms with Gasteiger partial charge in [-0.05, 0) is 12.1 Å². The third kappa shape index (κ3) is 3.77. The fraction of sp³-hybridized carbons (Fsp3) is 0.455. The molecular formula is C11H16O3. The monoisotopic (exact) mass is 196 g/mol. The summed E-state index contributed by atoms with van der Waals surface area (Å²) >= 11 is 0. The Morgan fingerprint density at radius 2 is 1.57 bits per heavy atom. The minimum absolute atomic E-state index is 0.0487. The molecule has 0 aliphatic carbocycles. The van der Waals surface area contributed by atoms with Crippen molar-refractivity contribution in [1.29, 1.82) is 0 Å². The van der Waals surface area contributed by atoms with Crippen LogP contribution in [0.2, 0.25) is 0 Å². The minimum Gasteiger partial charge on any atom is -0.486 e. The fourth-order valence-corrected chi connectivity index (χ4v) is 1.18. The third-order valence-corrected chi connectivity index (χ3v) is 1.75. The Bertz CT molecular complexity index is 230. The lowest BCUT2D eigenvalue weighted by molar-refractivity contribution is 0.0245. The van der Waals surface area contributed by atoms with E-state index in [2.05, 4.69) is 0 Å². The molecule has 1 aromatic rings. The number of benzene rings is 1. The zero-order chi connectivity index (χ0) is 10.2. The molecule has 78 valence electrons. The van der Waals surface area contributed by atoms with Crippen LogP contribution in [-0.4, -0.2) is 33.5 Å². The predicted molar refractivity (Wildman–Crippen MR) is 54.6 cm³/mol. The largest absolute Gasteiger partial charge is 0.486 e. The van der Waals surface area contributed by atoms with Crippen LogP contribution in [0.15, 0.2) is 30.3 Å². The predicted octanol–water partition coefficient (Wildman–Crippen LogP) is 1.73. The second-order valence-corrected chi connectivity index (χ2v) is 2.96. The number of ether oxygens (including phenoxy) is 3. The molecule has 0 bridgehead atoms. The van der Waals surface area contributed by atoms with E-state index in [0.717, 1.165) is 5.75 Å². The molecule has 0 spiro atoms. The van der Waals surface area contributed by atoms with Gasteiger partial charge in [0, 0.05) is 14.2 Å². The normalized spacial score (nSPS) is 10.5. The Kier molecular flexibility index (Phi) is 5.04. The first-order valence-corrected chi connectivity index (χ1v) is 4.56. The van der Waals surface area contributed by atoms with Gasteiger partial charge in [-0.2, -0.15) is 0 Å². The quantitative estimate of drug-likeness (QED) is 0.693. The van der Waals surface area contributed by atoms with E-state index >= 15 is 0 Å². The molecular weight excluding hydrogens is 180 g/mol. The van der Waals surface area contributed by atoms with Crippen LogP contribution in [0.5, 0.6) is 5.75 Å². The molecule has 14 heavy (non-hydrogen) atoms. The van der Waals surface area contributed by atoms with Crippen molar-refractivity contribution in [2.75, 3.05) is 27.4 Å². The van der Waals surface area contributed by atoms with Crippen LogP contribution in [0.4, 0.5) is 0 Å². The summed E-state index contributed by atoms with van der Waals surface area (Å²) in [6.45, 7) is 1.06. The van der Waals surface area contributed by atoms with Crippen molar-refractivity contribution in [2.45, 2.75) is 6.10 Å². The molecule has 0 aliphatic rings. The van der Waals surface area contributed by atoms with Crippen LogP contribution in [-0.2, 0) is 9.47 Å². The third-order valence-electron chi connectivity index (χ3n) is 1.75. The lowest BCUT2D eigenvalue weighted by atomic mass is 10.3. The molecule has 0 atom stereocenters. The zero-order valence-electron chi connectivity index (χ0n) is 8.60. The smallest absolute Gasteiger partial charge is 0.145 e. The highest BCUT2D eigenvalue weighted by Gasteiger charge is 2.09. The first kappa shape index (κ1) is 11.0. The first-order chi connectivity index (χ1) is 6.86. The Morgan fingerprint density at radius 3 is 2.07 bits per heavy atom. The van der Waals surface area contributed by atoms with Crippen molar-refractivity contribution in [3.63, 3.8) is 0 Å². The Hall–Kier alpha value is -1.06. The molecule has 0 aliphatic heterocycles. The molecule has 0 amide bonds.